The molecule has 0 fully saturated rings. The van der Waals surface area contributed by atoms with Crippen LogP contribution in [0.25, 0.3) is 0 Å². The zero-order chi connectivity index (χ0) is 9.42. The van der Waals surface area contributed by atoms with Crippen LogP contribution in [0.3, 0.4) is 0 Å². The second-order valence-corrected chi connectivity index (χ2v) is 3.87. The van der Waals surface area contributed by atoms with Crippen LogP contribution in [0.15, 0.2) is 12.1 Å². The summed E-state index contributed by atoms with van der Waals surface area (Å²) in [6, 6.07) is 3.69. The van der Waals surface area contributed by atoms with Crippen molar-refractivity contribution in [2.45, 2.75) is 6.92 Å². The third kappa shape index (κ3) is 1.62. The first-order valence-electron chi connectivity index (χ1n) is 3.89. The summed E-state index contributed by atoms with van der Waals surface area (Å²) in [5.41, 5.74) is 1.89. The maximum Gasteiger partial charge on any atom is 0.146 e. The molecule has 0 unspecified atom stereocenters. The lowest BCUT2D eigenvalue weighted by Gasteiger charge is -2.21. The normalized spacial score (nSPS) is 14.5. The van der Waals surface area contributed by atoms with Crippen molar-refractivity contribution in [1.29, 1.82) is 0 Å². The topological polar surface area (TPSA) is 21.3 Å². The molecule has 4 heteroatoms. The van der Waals surface area contributed by atoms with Gasteiger partial charge in [0.05, 0.1) is 5.69 Å². The molecule has 1 aromatic rings. The van der Waals surface area contributed by atoms with Gasteiger partial charge in [-0.1, -0.05) is 23.8 Å². The first kappa shape index (κ1) is 8.78. The lowest BCUT2D eigenvalue weighted by molar-refractivity contribution is 0.372. The van der Waals surface area contributed by atoms with Crippen molar-refractivity contribution in [3.63, 3.8) is 0 Å². The van der Waals surface area contributed by atoms with E-state index in [-0.39, 0.29) is 0 Å². The molecule has 0 radical (unpaired) electrons. The number of benzene rings is 1. The largest absolute Gasteiger partial charge is 0.484 e. The molecule has 0 spiro atoms. The van der Waals surface area contributed by atoms with E-state index in [1.165, 1.54) is 0 Å². The van der Waals surface area contributed by atoms with Crippen molar-refractivity contribution in [1.82, 2.24) is 0 Å². The smallest absolute Gasteiger partial charge is 0.146 e. The van der Waals surface area contributed by atoms with E-state index in [0.29, 0.717) is 16.6 Å². The predicted molar refractivity (Wildman–Crippen MR) is 57.9 cm³/mol. The van der Waals surface area contributed by atoms with Crippen LogP contribution in [-0.2, 0) is 0 Å². The van der Waals surface area contributed by atoms with E-state index in [0.717, 1.165) is 17.0 Å². The maximum absolute atomic E-state index is 5.89. The number of anilines is 1. The minimum Gasteiger partial charge on any atom is -0.484 e. The molecule has 0 saturated carbocycles. The van der Waals surface area contributed by atoms with E-state index in [1.54, 1.807) is 0 Å². The summed E-state index contributed by atoms with van der Waals surface area (Å²) in [5.74, 6) is 0.845. The monoisotopic (exact) mass is 213 g/mol. The molecule has 1 N–H and O–H groups in total. The van der Waals surface area contributed by atoms with Crippen molar-refractivity contribution in [3.05, 3.63) is 22.7 Å². The van der Waals surface area contributed by atoms with Gasteiger partial charge in [0.15, 0.2) is 0 Å². The van der Waals surface area contributed by atoms with Crippen LogP contribution in [0.5, 0.6) is 5.75 Å². The second-order valence-electron chi connectivity index (χ2n) is 2.94. The number of hydrogen-bond donors (Lipinski definition) is 1. The van der Waals surface area contributed by atoms with Gasteiger partial charge in [0, 0.05) is 5.02 Å². The molecule has 0 atom stereocenters. The van der Waals surface area contributed by atoms with E-state index in [1.807, 2.05) is 19.1 Å². The van der Waals surface area contributed by atoms with Crippen LogP contribution in [-0.4, -0.2) is 11.6 Å². The van der Waals surface area contributed by atoms with Crippen molar-refractivity contribution >= 4 is 34.5 Å². The Hall–Kier alpha value is -0.800. The van der Waals surface area contributed by atoms with Crippen LogP contribution in [0, 0.1) is 6.92 Å². The number of halogens is 1. The highest BCUT2D eigenvalue weighted by atomic mass is 35.5. The minimum atomic E-state index is 0.449. The Morgan fingerprint density at radius 2 is 2.31 bits per heavy atom. The number of aryl methyl sites for hydroxylation is 1. The molecular weight excluding hydrogens is 206 g/mol. The van der Waals surface area contributed by atoms with Gasteiger partial charge in [-0.25, -0.2) is 0 Å². The van der Waals surface area contributed by atoms with Crippen LogP contribution < -0.4 is 10.1 Å². The highest BCUT2D eigenvalue weighted by molar-refractivity contribution is 7.80. The van der Waals surface area contributed by atoms with Gasteiger partial charge < -0.3 is 10.1 Å². The molecule has 1 heterocycles. The zero-order valence-corrected chi connectivity index (χ0v) is 8.63. The van der Waals surface area contributed by atoms with Crippen molar-refractivity contribution in [2.75, 3.05) is 11.9 Å². The number of nitrogens with one attached hydrogen (secondary N) is 1. The molecule has 13 heavy (non-hydrogen) atoms. The number of thiocarbonyl (C=S) groups is 1. The van der Waals surface area contributed by atoms with Crippen molar-refractivity contribution < 1.29 is 4.74 Å². The molecule has 0 amide bonds. The summed E-state index contributed by atoms with van der Waals surface area (Å²) in [4.78, 5) is 0.689. The molecule has 0 saturated heterocycles. The number of ether oxygens (including phenoxy) is 1. The Labute approximate surface area is 86.8 Å². The highest BCUT2D eigenvalue weighted by Crippen LogP contribution is 2.34. The lowest BCUT2D eigenvalue weighted by Crippen LogP contribution is -2.24. The summed E-state index contributed by atoms with van der Waals surface area (Å²) in [6.07, 6.45) is 0. The molecule has 2 rings (SSSR count). The summed E-state index contributed by atoms with van der Waals surface area (Å²) in [7, 11) is 0. The molecule has 0 aromatic heterocycles. The molecular formula is C9H8ClNOS. The molecule has 68 valence electrons. The summed E-state index contributed by atoms with van der Waals surface area (Å²) in [6.45, 7) is 2.41. The van der Waals surface area contributed by atoms with Crippen LogP contribution in [0.4, 0.5) is 5.69 Å². The Balaban J connectivity index is 2.53. The Morgan fingerprint density at radius 1 is 1.54 bits per heavy atom. The maximum atomic E-state index is 5.89. The first-order valence-corrected chi connectivity index (χ1v) is 4.68. The van der Waals surface area contributed by atoms with Gasteiger partial charge in [-0.3, -0.25) is 0 Å². The predicted octanol–water partition coefficient (Wildman–Crippen LogP) is 2.78. The van der Waals surface area contributed by atoms with Gasteiger partial charge in [-0.05, 0) is 24.6 Å². The standard InChI is InChI=1S/C9H8ClNOS/c1-5-2-6(10)3-7-9(5)12-4-8(13)11-7/h2-3H,4H2,1H3,(H,11,13). The zero-order valence-electron chi connectivity index (χ0n) is 7.06. The highest BCUT2D eigenvalue weighted by Gasteiger charge is 2.15. The van der Waals surface area contributed by atoms with E-state index in [4.69, 9.17) is 28.6 Å². The van der Waals surface area contributed by atoms with Gasteiger partial charge in [-0.15, -0.1) is 0 Å². The fraction of sp³-hybridized carbons (Fsp3) is 0.222. The third-order valence-corrected chi connectivity index (χ3v) is 2.30. The fourth-order valence-corrected chi connectivity index (χ4v) is 1.78. The van der Waals surface area contributed by atoms with Gasteiger partial charge in [-0.2, -0.15) is 0 Å². The SMILES string of the molecule is Cc1cc(Cl)cc2c1OCC(=S)N2. The molecule has 2 nitrogen and oxygen atoms in total. The van der Waals surface area contributed by atoms with E-state index in [9.17, 15) is 0 Å². The van der Waals surface area contributed by atoms with Gasteiger partial charge in [0.25, 0.3) is 0 Å². The fourth-order valence-electron chi connectivity index (χ4n) is 1.34. The third-order valence-electron chi connectivity index (χ3n) is 1.86. The first-order chi connectivity index (χ1) is 6.16. The van der Waals surface area contributed by atoms with Crippen LogP contribution >= 0.6 is 23.8 Å². The van der Waals surface area contributed by atoms with Gasteiger partial charge >= 0.3 is 0 Å². The van der Waals surface area contributed by atoms with Gasteiger partial charge in [0.1, 0.15) is 17.3 Å². The van der Waals surface area contributed by atoms with E-state index in [2.05, 4.69) is 5.32 Å². The van der Waals surface area contributed by atoms with Crippen LogP contribution in [0.1, 0.15) is 5.56 Å². The Kier molecular flexibility index (Phi) is 2.14. The quantitative estimate of drug-likeness (QED) is 0.670. The van der Waals surface area contributed by atoms with E-state index >= 15 is 0 Å². The number of rotatable bonds is 0. The van der Waals surface area contributed by atoms with Crippen LogP contribution in [0.2, 0.25) is 5.02 Å². The summed E-state index contributed by atoms with van der Waals surface area (Å²) < 4.78 is 5.46. The Bertz CT molecular complexity index is 378. The lowest BCUT2D eigenvalue weighted by atomic mass is 10.2. The van der Waals surface area contributed by atoms with Gasteiger partial charge in [0.2, 0.25) is 0 Å². The minimum absolute atomic E-state index is 0.449. The molecule has 1 aliphatic heterocycles. The van der Waals surface area contributed by atoms with Crippen molar-refractivity contribution in [3.8, 4) is 5.75 Å². The summed E-state index contributed by atoms with van der Waals surface area (Å²) in [5, 5.41) is 3.76. The van der Waals surface area contributed by atoms with E-state index < -0.39 is 0 Å². The number of hydrogen-bond acceptors (Lipinski definition) is 2. The molecule has 0 aliphatic carbocycles. The van der Waals surface area contributed by atoms with Crippen molar-refractivity contribution in [2.24, 2.45) is 0 Å². The average Bonchev–Trinajstić information content (AvgIpc) is 2.02. The average molecular weight is 214 g/mol. The molecule has 1 aliphatic rings. The summed E-state index contributed by atoms with van der Waals surface area (Å²) >= 11 is 10.9. The number of fused-ring (bicyclic) bond motifs is 1. The second kappa shape index (κ2) is 3.16. The Morgan fingerprint density at radius 3 is 3.08 bits per heavy atom. The molecule has 1 aromatic carbocycles. The molecule has 0 bridgehead atoms.